The van der Waals surface area contributed by atoms with E-state index in [4.69, 9.17) is 29.1 Å². The van der Waals surface area contributed by atoms with Gasteiger partial charge in [0, 0.05) is 0 Å². The van der Waals surface area contributed by atoms with Gasteiger partial charge in [0.2, 0.25) is 0 Å². The van der Waals surface area contributed by atoms with Crippen LogP contribution in [-0.2, 0) is 6.15 Å². The van der Waals surface area contributed by atoms with E-state index in [9.17, 15) is 0 Å². The van der Waals surface area contributed by atoms with Crippen molar-refractivity contribution in [2.24, 2.45) is 22.9 Å². The fraction of sp³-hybridized carbons (Fsp3) is 1.00. The molecule has 0 aliphatic carbocycles. The molecule has 8 N–H and O–H groups in total. The second-order valence-electron chi connectivity index (χ2n) is 10.7. The summed E-state index contributed by atoms with van der Waals surface area (Å²) in [7, 11) is 0. The van der Waals surface area contributed by atoms with Crippen LogP contribution >= 0.6 is 0 Å². The van der Waals surface area contributed by atoms with E-state index in [0.717, 1.165) is 60.5 Å². The van der Waals surface area contributed by atoms with Gasteiger partial charge >= 0.3 is 225 Å². The van der Waals surface area contributed by atoms with E-state index in [0.29, 0.717) is 13.2 Å². The van der Waals surface area contributed by atoms with Crippen molar-refractivity contribution < 1.29 is 6.15 Å². The van der Waals surface area contributed by atoms with Gasteiger partial charge in [-0.15, -0.1) is 0 Å². The first kappa shape index (κ1) is 35.6. The molecule has 0 radical (unpaired) electrons. The summed E-state index contributed by atoms with van der Waals surface area (Å²) < 4.78 is 15.9. The summed E-state index contributed by atoms with van der Waals surface area (Å²) in [5.74, 6) is 0. The van der Waals surface area contributed by atoms with Crippen molar-refractivity contribution in [3.05, 3.63) is 0 Å². The number of hydrogen-bond donors (Lipinski definition) is 4. The molecule has 7 heteroatoms. The van der Waals surface area contributed by atoms with Crippen LogP contribution in [0.3, 0.4) is 0 Å². The normalized spacial score (nSPS) is 13.9. The zero-order valence-corrected chi connectivity index (χ0v) is 26.6. The van der Waals surface area contributed by atoms with Gasteiger partial charge in [0.25, 0.3) is 0 Å². The van der Waals surface area contributed by atoms with E-state index >= 15 is 0 Å². The standard InChI is InChI=1S/2C8H17.2C6H15N2O.Sn/c2*1-3-5-7-8-6-4-2;2*7-4-2-1-3-6(8)5-9;/h2*1,3-8H2,2H3;2*6H,1-5,7-8H2;/q;;2*-1;+2/t;;2*6-;/m..11./s1. The fourth-order valence-electron chi connectivity index (χ4n) is 4.59. The Kier molecular flexibility index (Phi) is 26.6. The van der Waals surface area contributed by atoms with Crippen LogP contribution in [0.15, 0.2) is 0 Å². The van der Waals surface area contributed by atoms with Gasteiger partial charge in [-0.05, 0) is 0 Å². The van der Waals surface area contributed by atoms with Gasteiger partial charge < -0.3 is 0 Å². The Morgan fingerprint density at radius 3 is 1.26 bits per heavy atom. The van der Waals surface area contributed by atoms with Gasteiger partial charge in [-0.3, -0.25) is 0 Å². The molecular weight excluding hydrogens is 543 g/mol. The number of unbranched alkanes of at least 4 members (excludes halogenated alkanes) is 12. The Hall–Kier alpha value is 0.559. The van der Waals surface area contributed by atoms with Crippen LogP contribution in [0.5, 0.6) is 0 Å². The monoisotopic (exact) mass is 608 g/mol. The summed E-state index contributed by atoms with van der Waals surface area (Å²) in [5, 5.41) is 0. The van der Waals surface area contributed by atoms with E-state index < -0.39 is 19.2 Å². The predicted molar refractivity (Wildman–Crippen MR) is 156 cm³/mol. The number of hydrogen-bond acceptors (Lipinski definition) is 6. The van der Waals surface area contributed by atoms with Gasteiger partial charge in [0.05, 0.1) is 0 Å². The van der Waals surface area contributed by atoms with E-state index in [1.807, 2.05) is 0 Å². The van der Waals surface area contributed by atoms with Crippen LogP contribution in [0.1, 0.15) is 129 Å². The third kappa shape index (κ3) is 22.3. The van der Waals surface area contributed by atoms with E-state index in [1.54, 1.807) is 0 Å². The molecule has 0 amide bonds. The molecule has 0 aromatic carbocycles. The third-order valence-electron chi connectivity index (χ3n) is 7.00. The molecule has 6 nitrogen and oxygen atoms in total. The Labute approximate surface area is 224 Å². The van der Waals surface area contributed by atoms with Crippen molar-refractivity contribution in [2.75, 3.05) is 26.3 Å². The zero-order chi connectivity index (χ0) is 26.0. The van der Waals surface area contributed by atoms with Crippen molar-refractivity contribution >= 4 is 19.2 Å². The summed E-state index contributed by atoms with van der Waals surface area (Å²) >= 11 is -3.28. The maximum atomic E-state index is 6.81. The van der Waals surface area contributed by atoms with Crippen molar-refractivity contribution in [2.45, 2.75) is 150 Å². The molecular formula is C28H64N4O2Sn. The van der Waals surface area contributed by atoms with Gasteiger partial charge in [0.1, 0.15) is 0 Å². The second-order valence-corrected chi connectivity index (χ2v) is 20.4. The van der Waals surface area contributed by atoms with Crippen molar-refractivity contribution in [1.29, 1.82) is 0 Å². The summed E-state index contributed by atoms with van der Waals surface area (Å²) in [5.41, 5.74) is 24.2. The molecule has 35 heavy (non-hydrogen) atoms. The number of rotatable bonds is 28. The Bertz CT molecular complexity index is 394. The topological polar surface area (TPSA) is 123 Å². The van der Waals surface area contributed by atoms with Gasteiger partial charge in [-0.25, -0.2) is 0 Å². The molecule has 0 aliphatic rings. The summed E-state index contributed by atoms with van der Waals surface area (Å²) in [6, 6.07) is 0.155. The summed E-state index contributed by atoms with van der Waals surface area (Å²) in [6.45, 7) is 7.29. The minimum atomic E-state index is -3.28. The molecule has 0 saturated heterocycles. The van der Waals surface area contributed by atoms with Gasteiger partial charge in [-0.1, -0.05) is 0 Å². The first-order valence-corrected chi connectivity index (χ1v) is 21.6. The molecule has 0 heterocycles. The molecule has 0 saturated carbocycles. The average molecular weight is 608 g/mol. The molecule has 0 bridgehead atoms. The van der Waals surface area contributed by atoms with Gasteiger partial charge in [-0.2, -0.15) is 0 Å². The Balaban J connectivity index is 5.06. The van der Waals surface area contributed by atoms with Crippen LogP contribution < -0.4 is 22.9 Å². The SMILES string of the molecule is CCCCCCC[CH2][Sn]([CH2]CCCCCCC)([O]C[C@H](N)CCCCN)[O]C[C@H](N)CCCCN. The van der Waals surface area contributed by atoms with Crippen molar-refractivity contribution in [3.8, 4) is 0 Å². The first-order valence-electron chi connectivity index (χ1n) is 15.2. The molecule has 0 unspecified atom stereocenters. The molecule has 0 spiro atoms. The maximum absolute atomic E-state index is 6.81. The quantitative estimate of drug-likeness (QED) is 0.0631. The van der Waals surface area contributed by atoms with Crippen LogP contribution in [0.2, 0.25) is 8.87 Å². The average Bonchev–Trinajstić information content (AvgIpc) is 2.85. The van der Waals surface area contributed by atoms with Crippen LogP contribution in [0.25, 0.3) is 0 Å². The van der Waals surface area contributed by atoms with Crippen molar-refractivity contribution in [3.63, 3.8) is 0 Å². The molecule has 0 rings (SSSR count). The van der Waals surface area contributed by atoms with E-state index in [2.05, 4.69) is 13.8 Å². The molecule has 0 aliphatic heterocycles. The number of nitrogens with two attached hydrogens (primary N) is 4. The second kappa shape index (κ2) is 26.2. The molecule has 2 atom stereocenters. The van der Waals surface area contributed by atoms with E-state index in [-0.39, 0.29) is 12.1 Å². The zero-order valence-electron chi connectivity index (χ0n) is 23.8. The van der Waals surface area contributed by atoms with Crippen LogP contribution in [0.4, 0.5) is 0 Å². The third-order valence-corrected chi connectivity index (χ3v) is 17.3. The van der Waals surface area contributed by atoms with Crippen LogP contribution in [-0.4, -0.2) is 57.6 Å². The molecule has 0 fully saturated rings. The van der Waals surface area contributed by atoms with Gasteiger partial charge in [0.15, 0.2) is 0 Å². The van der Waals surface area contributed by atoms with E-state index in [1.165, 1.54) is 77.0 Å². The minimum absolute atomic E-state index is 0.0774. The Morgan fingerprint density at radius 1 is 0.514 bits per heavy atom. The summed E-state index contributed by atoms with van der Waals surface area (Å²) in [6.07, 6.45) is 21.8. The Morgan fingerprint density at radius 2 is 0.886 bits per heavy atom. The molecule has 0 aromatic heterocycles. The van der Waals surface area contributed by atoms with Crippen molar-refractivity contribution in [1.82, 2.24) is 0 Å². The summed E-state index contributed by atoms with van der Waals surface area (Å²) in [4.78, 5) is 0. The fourth-order valence-corrected chi connectivity index (χ4v) is 14.6. The molecule has 212 valence electrons. The predicted octanol–water partition coefficient (Wildman–Crippen LogP) is 6.10. The van der Waals surface area contributed by atoms with Crippen LogP contribution in [0, 0.1) is 0 Å². The molecule has 0 aromatic rings. The first-order chi connectivity index (χ1) is 17.0.